The van der Waals surface area contributed by atoms with E-state index in [1.165, 1.54) is 0 Å². The van der Waals surface area contributed by atoms with Crippen molar-refractivity contribution < 1.29 is 19.4 Å². The fourth-order valence-corrected chi connectivity index (χ4v) is 5.86. The maximum Gasteiger partial charge on any atom is 0.212 e. The number of ether oxygens (including phenoxy) is 2. The van der Waals surface area contributed by atoms with E-state index < -0.39 is 11.9 Å². The molecule has 4 rings (SSSR count). The van der Waals surface area contributed by atoms with Crippen molar-refractivity contribution in [2.45, 2.75) is 69.1 Å². The fourth-order valence-electron chi connectivity index (χ4n) is 4.55. The topological polar surface area (TPSA) is 63.9 Å². The molecule has 0 spiro atoms. The molecule has 1 aliphatic heterocycles. The van der Waals surface area contributed by atoms with Crippen molar-refractivity contribution in [2.24, 2.45) is 0 Å². The monoisotopic (exact) mass is 544 g/mol. The number of benzene rings is 2. The Kier molecular flexibility index (Phi) is 8.61. The van der Waals surface area contributed by atoms with Gasteiger partial charge in [0.15, 0.2) is 0 Å². The molecule has 37 heavy (non-hydrogen) atoms. The molecule has 1 fully saturated rings. The first kappa shape index (κ1) is 28.0. The molecular formula is C29H37ClN2O4S. The lowest BCUT2D eigenvalue weighted by molar-refractivity contribution is -0.134. The van der Waals surface area contributed by atoms with Crippen LogP contribution in [0.25, 0.3) is 10.9 Å². The number of rotatable bonds is 9. The smallest absolute Gasteiger partial charge is 0.212 e. The van der Waals surface area contributed by atoms with Crippen molar-refractivity contribution >= 4 is 40.6 Å². The second-order valence-electron chi connectivity index (χ2n) is 11.2. The summed E-state index contributed by atoms with van der Waals surface area (Å²) >= 11 is 7.95. The maximum absolute atomic E-state index is 11.0. The highest BCUT2D eigenvalue weighted by atomic mass is 35.5. The minimum atomic E-state index is -0.878. The van der Waals surface area contributed by atoms with Crippen LogP contribution in [0.4, 0.5) is 0 Å². The van der Waals surface area contributed by atoms with Gasteiger partial charge < -0.3 is 23.9 Å². The molecule has 0 amide bonds. The van der Waals surface area contributed by atoms with E-state index in [1.54, 1.807) is 11.8 Å². The summed E-state index contributed by atoms with van der Waals surface area (Å²) in [6.45, 7) is 13.1. The summed E-state index contributed by atoms with van der Waals surface area (Å²) in [5, 5.41) is 12.7. The summed E-state index contributed by atoms with van der Waals surface area (Å²) in [5.74, 6) is 0.722. The van der Waals surface area contributed by atoms with Crippen molar-refractivity contribution in [3.05, 3.63) is 58.7 Å². The molecule has 1 aromatic heterocycles. The zero-order valence-electron chi connectivity index (χ0n) is 22.3. The SMILES string of the molecule is CC(C)(O)Cc1c(SC(C)(C)C)c2cc(OC3CN(CC=O)CCO3)ccc2n1Cc1ccc(Cl)cc1. The maximum atomic E-state index is 11.0. The van der Waals surface area contributed by atoms with Gasteiger partial charge in [0.25, 0.3) is 0 Å². The summed E-state index contributed by atoms with van der Waals surface area (Å²) in [4.78, 5) is 14.1. The normalized spacial score (nSPS) is 17.3. The number of aliphatic hydroxyl groups is 1. The molecule has 3 aromatic rings. The van der Waals surface area contributed by atoms with E-state index in [2.05, 4.69) is 37.5 Å². The van der Waals surface area contributed by atoms with Crippen LogP contribution in [-0.4, -0.2) is 63.7 Å². The molecule has 1 aliphatic rings. The number of aldehydes is 1. The summed E-state index contributed by atoms with van der Waals surface area (Å²) < 4.78 is 14.3. The lowest BCUT2D eigenvalue weighted by Crippen LogP contribution is -2.45. The Balaban J connectivity index is 1.78. The third-order valence-corrected chi connectivity index (χ3v) is 7.60. The second kappa shape index (κ2) is 11.4. The lowest BCUT2D eigenvalue weighted by atomic mass is 10.0. The Labute approximate surface area is 228 Å². The highest BCUT2D eigenvalue weighted by Crippen LogP contribution is 2.43. The molecule has 200 valence electrons. The number of hydrogen-bond acceptors (Lipinski definition) is 6. The molecule has 8 heteroatoms. The van der Waals surface area contributed by atoms with Gasteiger partial charge in [0.2, 0.25) is 6.29 Å². The van der Waals surface area contributed by atoms with Crippen molar-refractivity contribution in [1.82, 2.24) is 9.47 Å². The second-order valence-corrected chi connectivity index (χ2v) is 13.5. The standard InChI is InChI=1S/C29H37ClN2O4S/c1-28(2,3)37-27-23-16-22(36-26-19-31(12-14-33)13-15-35-26)10-11-24(23)32(25(27)17-29(4,5)34)18-20-6-8-21(30)9-7-20/h6-11,14,16,26,34H,12-13,15,17-19H2,1-5H3. The average Bonchev–Trinajstić information content (AvgIpc) is 3.05. The number of aromatic nitrogens is 1. The Morgan fingerprint density at radius 2 is 1.89 bits per heavy atom. The highest BCUT2D eigenvalue weighted by molar-refractivity contribution is 8.00. The molecule has 0 radical (unpaired) electrons. The molecule has 2 aromatic carbocycles. The van der Waals surface area contributed by atoms with Gasteiger partial charge in [0.1, 0.15) is 12.0 Å². The van der Waals surface area contributed by atoms with Gasteiger partial charge in [-0.2, -0.15) is 0 Å². The quantitative estimate of drug-likeness (QED) is 0.272. The number of carbonyl (C=O) groups is 1. The van der Waals surface area contributed by atoms with Crippen molar-refractivity contribution in [1.29, 1.82) is 0 Å². The zero-order valence-corrected chi connectivity index (χ0v) is 23.9. The molecule has 2 heterocycles. The van der Waals surface area contributed by atoms with Gasteiger partial charge in [0.05, 0.1) is 25.3 Å². The van der Waals surface area contributed by atoms with Gasteiger partial charge in [-0.15, -0.1) is 11.8 Å². The predicted octanol–water partition coefficient (Wildman–Crippen LogP) is 5.78. The number of nitrogens with zero attached hydrogens (tertiary/aromatic N) is 2. The summed E-state index contributed by atoms with van der Waals surface area (Å²) in [7, 11) is 0. The van der Waals surface area contributed by atoms with Crippen LogP contribution < -0.4 is 4.74 Å². The number of halogens is 1. The number of hydrogen-bond donors (Lipinski definition) is 1. The first-order valence-electron chi connectivity index (χ1n) is 12.7. The van der Waals surface area contributed by atoms with Gasteiger partial charge in [-0.25, -0.2) is 0 Å². The Bertz CT molecular complexity index is 1230. The van der Waals surface area contributed by atoms with E-state index in [-0.39, 0.29) is 4.75 Å². The van der Waals surface area contributed by atoms with Gasteiger partial charge in [-0.05, 0) is 49.7 Å². The van der Waals surface area contributed by atoms with E-state index in [4.69, 9.17) is 21.1 Å². The van der Waals surface area contributed by atoms with Crippen LogP contribution in [0, 0.1) is 0 Å². The molecule has 0 saturated carbocycles. The van der Waals surface area contributed by atoms with Gasteiger partial charge in [-0.3, -0.25) is 4.90 Å². The minimum absolute atomic E-state index is 0.0353. The van der Waals surface area contributed by atoms with Crippen molar-refractivity contribution in [3.63, 3.8) is 0 Å². The van der Waals surface area contributed by atoms with E-state index in [1.807, 2.05) is 49.1 Å². The van der Waals surface area contributed by atoms with Gasteiger partial charge >= 0.3 is 0 Å². The van der Waals surface area contributed by atoms with Crippen LogP contribution >= 0.6 is 23.4 Å². The van der Waals surface area contributed by atoms with Crippen LogP contribution in [0.3, 0.4) is 0 Å². The number of morpholine rings is 1. The van der Waals surface area contributed by atoms with E-state index >= 15 is 0 Å². The first-order chi connectivity index (χ1) is 17.4. The van der Waals surface area contributed by atoms with Crippen LogP contribution in [0.5, 0.6) is 5.75 Å². The average molecular weight is 545 g/mol. The van der Waals surface area contributed by atoms with Gasteiger partial charge in [-0.1, -0.05) is 44.5 Å². The zero-order chi connectivity index (χ0) is 26.8. The molecular weight excluding hydrogens is 508 g/mol. The molecule has 1 N–H and O–H groups in total. The molecule has 1 unspecified atom stereocenters. The van der Waals surface area contributed by atoms with E-state index in [0.717, 1.165) is 45.6 Å². The number of carbonyl (C=O) groups excluding carboxylic acids is 1. The third-order valence-electron chi connectivity index (χ3n) is 6.07. The van der Waals surface area contributed by atoms with E-state index in [9.17, 15) is 9.90 Å². The predicted molar refractivity (Wildman–Crippen MR) is 151 cm³/mol. The minimum Gasteiger partial charge on any atom is -0.464 e. The first-order valence-corrected chi connectivity index (χ1v) is 13.9. The van der Waals surface area contributed by atoms with Crippen LogP contribution in [0.1, 0.15) is 45.9 Å². The Morgan fingerprint density at radius 3 is 2.54 bits per heavy atom. The van der Waals surface area contributed by atoms with Crippen LogP contribution in [0.15, 0.2) is 47.4 Å². The number of fused-ring (bicyclic) bond motifs is 1. The van der Waals surface area contributed by atoms with Crippen LogP contribution in [0.2, 0.25) is 5.02 Å². The number of thioether (sulfide) groups is 1. The summed E-state index contributed by atoms with van der Waals surface area (Å²) in [6.07, 6.45) is 0.991. The van der Waals surface area contributed by atoms with Crippen molar-refractivity contribution in [2.75, 3.05) is 26.2 Å². The largest absolute Gasteiger partial charge is 0.464 e. The van der Waals surface area contributed by atoms with Crippen molar-refractivity contribution in [3.8, 4) is 5.75 Å². The molecule has 1 saturated heterocycles. The summed E-state index contributed by atoms with van der Waals surface area (Å²) in [6, 6.07) is 14.1. The molecule has 6 nitrogen and oxygen atoms in total. The Hall–Kier alpha value is -2.03. The lowest BCUT2D eigenvalue weighted by Gasteiger charge is -2.31. The highest BCUT2D eigenvalue weighted by Gasteiger charge is 2.28. The van der Waals surface area contributed by atoms with Crippen LogP contribution in [-0.2, 0) is 22.5 Å². The molecule has 0 bridgehead atoms. The van der Waals surface area contributed by atoms with Gasteiger partial charge in [0, 0.05) is 50.8 Å². The summed E-state index contributed by atoms with van der Waals surface area (Å²) in [5.41, 5.74) is 2.44. The third kappa shape index (κ3) is 7.52. The molecule has 0 aliphatic carbocycles. The fraction of sp³-hybridized carbons (Fsp3) is 0.483. The Morgan fingerprint density at radius 1 is 1.16 bits per heavy atom. The molecule has 1 atom stereocenters. The van der Waals surface area contributed by atoms with E-state index in [0.29, 0.717) is 37.7 Å².